The van der Waals surface area contributed by atoms with Gasteiger partial charge in [-0.1, -0.05) is 19.0 Å². The number of anilines is 1. The number of amides is 1. The molecule has 1 rings (SSSR count). The van der Waals surface area contributed by atoms with E-state index in [4.69, 9.17) is 10.9 Å². The van der Waals surface area contributed by atoms with Crippen LogP contribution in [-0.4, -0.2) is 36.6 Å². The minimum atomic E-state index is -0.827. The molecule has 0 saturated carbocycles. The van der Waals surface area contributed by atoms with Crippen LogP contribution >= 0.6 is 0 Å². The van der Waals surface area contributed by atoms with Gasteiger partial charge in [0.25, 0.3) is 5.91 Å². The molecule has 4 N–H and O–H groups in total. The van der Waals surface area contributed by atoms with E-state index in [0.29, 0.717) is 18.4 Å². The fourth-order valence-corrected chi connectivity index (χ4v) is 2.15. The smallest absolute Gasteiger partial charge is 0.252 e. The van der Waals surface area contributed by atoms with Gasteiger partial charge in [0.15, 0.2) is 5.84 Å². The minimum Gasteiger partial charge on any atom is -0.409 e. The maximum absolute atomic E-state index is 12.4. The summed E-state index contributed by atoms with van der Waals surface area (Å²) in [6, 6.07) is 7.26. The molecule has 0 fully saturated rings. The highest BCUT2D eigenvalue weighted by atomic mass is 16.4. The number of hydrogen-bond acceptors (Lipinski definition) is 4. The number of nitrogens with two attached hydrogens (primary N) is 1. The van der Waals surface area contributed by atoms with Gasteiger partial charge in [-0.3, -0.25) is 4.79 Å². The molecular formula is C15H24N4O2. The Labute approximate surface area is 125 Å². The van der Waals surface area contributed by atoms with Crippen LogP contribution in [0.3, 0.4) is 0 Å². The lowest BCUT2D eigenvalue weighted by atomic mass is 9.91. The first-order chi connectivity index (χ1) is 9.90. The number of rotatable bonds is 6. The van der Waals surface area contributed by atoms with Gasteiger partial charge in [-0.25, -0.2) is 0 Å². The van der Waals surface area contributed by atoms with E-state index in [0.717, 1.165) is 5.69 Å². The molecule has 0 unspecified atom stereocenters. The normalized spacial score (nSPS) is 12.1. The highest BCUT2D eigenvalue weighted by Crippen LogP contribution is 2.18. The molecule has 0 heterocycles. The summed E-state index contributed by atoms with van der Waals surface area (Å²) < 4.78 is 0. The molecule has 0 aliphatic rings. The Morgan fingerprint density at radius 3 is 2.19 bits per heavy atom. The largest absolute Gasteiger partial charge is 0.409 e. The van der Waals surface area contributed by atoms with E-state index in [1.54, 1.807) is 12.1 Å². The molecule has 0 spiro atoms. The Kier molecular flexibility index (Phi) is 5.58. The maximum atomic E-state index is 12.4. The second-order valence-electron chi connectivity index (χ2n) is 5.17. The van der Waals surface area contributed by atoms with Crippen LogP contribution < -0.4 is 16.0 Å². The van der Waals surface area contributed by atoms with E-state index >= 15 is 0 Å². The van der Waals surface area contributed by atoms with E-state index in [9.17, 15) is 4.79 Å². The summed E-state index contributed by atoms with van der Waals surface area (Å²) in [6.45, 7) is 3.77. The maximum Gasteiger partial charge on any atom is 0.252 e. The van der Waals surface area contributed by atoms with Crippen LogP contribution in [0.1, 0.15) is 37.0 Å². The number of nitrogens with one attached hydrogen (secondary N) is 1. The van der Waals surface area contributed by atoms with Crippen molar-refractivity contribution in [3.05, 3.63) is 29.8 Å². The number of oxime groups is 1. The van der Waals surface area contributed by atoms with Crippen molar-refractivity contribution in [2.75, 3.05) is 19.0 Å². The van der Waals surface area contributed by atoms with Gasteiger partial charge < -0.3 is 21.2 Å². The van der Waals surface area contributed by atoms with Gasteiger partial charge in [0, 0.05) is 25.3 Å². The minimum absolute atomic E-state index is 0.0192. The summed E-state index contributed by atoms with van der Waals surface area (Å²) in [7, 11) is 3.87. The van der Waals surface area contributed by atoms with Crippen molar-refractivity contribution in [2.45, 2.75) is 32.2 Å². The Hall–Kier alpha value is -2.24. The van der Waals surface area contributed by atoms with E-state index < -0.39 is 5.54 Å². The number of amidine groups is 1. The summed E-state index contributed by atoms with van der Waals surface area (Å²) in [5, 5.41) is 14.9. The molecule has 0 aliphatic carbocycles. The number of benzene rings is 1. The summed E-state index contributed by atoms with van der Waals surface area (Å²) in [5.41, 5.74) is 6.47. The molecule has 6 heteroatoms. The molecule has 116 valence electrons. The monoisotopic (exact) mass is 292 g/mol. The van der Waals surface area contributed by atoms with Crippen LogP contribution in [0.2, 0.25) is 0 Å². The van der Waals surface area contributed by atoms with Crippen molar-refractivity contribution in [3.63, 3.8) is 0 Å². The molecule has 1 aromatic carbocycles. The highest BCUT2D eigenvalue weighted by molar-refractivity contribution is 6.00. The molecule has 0 saturated heterocycles. The van der Waals surface area contributed by atoms with Gasteiger partial charge in [-0.05, 0) is 37.1 Å². The Balaban J connectivity index is 2.97. The zero-order chi connectivity index (χ0) is 16.0. The molecule has 1 amide bonds. The predicted octanol–water partition coefficient (Wildman–Crippen LogP) is 1.79. The van der Waals surface area contributed by atoms with Crippen molar-refractivity contribution in [1.29, 1.82) is 0 Å². The van der Waals surface area contributed by atoms with Gasteiger partial charge in [-0.15, -0.1) is 0 Å². The van der Waals surface area contributed by atoms with E-state index in [1.807, 2.05) is 45.0 Å². The molecule has 0 aliphatic heterocycles. The standard InChI is InChI=1S/C15H24N4O2/c1-5-15(6-2,14(16)18-21)17-13(20)11-7-9-12(10-8-11)19(3)4/h7-10,21H,5-6H2,1-4H3,(H2,16,18)(H,17,20). The van der Waals surface area contributed by atoms with Crippen LogP contribution in [0.15, 0.2) is 29.4 Å². The molecule has 6 nitrogen and oxygen atoms in total. The average molecular weight is 292 g/mol. The van der Waals surface area contributed by atoms with Gasteiger partial charge in [0.1, 0.15) is 5.54 Å². The van der Waals surface area contributed by atoms with Gasteiger partial charge in [0.05, 0.1) is 0 Å². The van der Waals surface area contributed by atoms with Crippen molar-refractivity contribution in [3.8, 4) is 0 Å². The SMILES string of the molecule is CCC(CC)(NC(=O)c1ccc(N(C)C)cc1)/C(N)=N/O. The van der Waals surface area contributed by atoms with Crippen LogP contribution in [0.25, 0.3) is 0 Å². The van der Waals surface area contributed by atoms with Crippen LogP contribution in [0, 0.1) is 0 Å². The fraction of sp³-hybridized carbons (Fsp3) is 0.467. The summed E-state index contributed by atoms with van der Waals surface area (Å²) in [4.78, 5) is 14.3. The summed E-state index contributed by atoms with van der Waals surface area (Å²) in [6.07, 6.45) is 1.09. The molecule has 0 bridgehead atoms. The third-order valence-corrected chi connectivity index (χ3v) is 3.80. The lowest BCUT2D eigenvalue weighted by Gasteiger charge is -2.31. The molecule has 0 aromatic heterocycles. The predicted molar refractivity (Wildman–Crippen MR) is 85.0 cm³/mol. The molecule has 0 atom stereocenters. The molecule has 1 aromatic rings. The lowest BCUT2D eigenvalue weighted by molar-refractivity contribution is 0.0918. The number of hydrogen-bond donors (Lipinski definition) is 3. The van der Waals surface area contributed by atoms with Gasteiger partial charge >= 0.3 is 0 Å². The van der Waals surface area contributed by atoms with Crippen molar-refractivity contribution in [2.24, 2.45) is 10.9 Å². The third-order valence-electron chi connectivity index (χ3n) is 3.80. The lowest BCUT2D eigenvalue weighted by Crippen LogP contribution is -2.56. The quantitative estimate of drug-likeness (QED) is 0.323. The fourth-order valence-electron chi connectivity index (χ4n) is 2.15. The first kappa shape index (κ1) is 16.8. The number of nitrogens with zero attached hydrogens (tertiary/aromatic N) is 2. The van der Waals surface area contributed by atoms with Crippen LogP contribution in [-0.2, 0) is 0 Å². The Morgan fingerprint density at radius 1 is 1.29 bits per heavy atom. The topological polar surface area (TPSA) is 91.0 Å². The number of carbonyl (C=O) groups excluding carboxylic acids is 1. The van der Waals surface area contributed by atoms with E-state index in [1.165, 1.54) is 0 Å². The average Bonchev–Trinajstić information content (AvgIpc) is 2.51. The second-order valence-corrected chi connectivity index (χ2v) is 5.17. The zero-order valence-corrected chi connectivity index (χ0v) is 13.1. The van der Waals surface area contributed by atoms with Crippen molar-refractivity contribution in [1.82, 2.24) is 5.32 Å². The molecule has 21 heavy (non-hydrogen) atoms. The third kappa shape index (κ3) is 3.65. The Bertz CT molecular complexity index is 505. The second kappa shape index (κ2) is 6.97. The molecule has 0 radical (unpaired) electrons. The highest BCUT2D eigenvalue weighted by Gasteiger charge is 2.33. The summed E-state index contributed by atoms with van der Waals surface area (Å²) >= 11 is 0. The molecular weight excluding hydrogens is 268 g/mol. The summed E-state index contributed by atoms with van der Waals surface area (Å²) in [5.74, 6) is -0.221. The zero-order valence-electron chi connectivity index (χ0n) is 13.1. The van der Waals surface area contributed by atoms with E-state index in [2.05, 4.69) is 10.5 Å². The van der Waals surface area contributed by atoms with Crippen molar-refractivity contribution < 1.29 is 10.0 Å². The first-order valence-corrected chi connectivity index (χ1v) is 6.98. The van der Waals surface area contributed by atoms with Gasteiger partial charge in [-0.2, -0.15) is 0 Å². The van der Waals surface area contributed by atoms with Crippen LogP contribution in [0.4, 0.5) is 5.69 Å². The number of carbonyl (C=O) groups is 1. The van der Waals surface area contributed by atoms with Crippen molar-refractivity contribution >= 4 is 17.4 Å². The Morgan fingerprint density at radius 2 is 1.81 bits per heavy atom. The first-order valence-electron chi connectivity index (χ1n) is 6.98. The van der Waals surface area contributed by atoms with Gasteiger partial charge in [0.2, 0.25) is 0 Å². The van der Waals surface area contributed by atoms with E-state index in [-0.39, 0.29) is 11.7 Å². The van der Waals surface area contributed by atoms with Crippen LogP contribution in [0.5, 0.6) is 0 Å².